The highest BCUT2D eigenvalue weighted by Crippen LogP contribution is 2.33. The smallest absolute Gasteiger partial charge is 0.278 e. The number of carbonyl (C=O) groups is 2. The van der Waals surface area contributed by atoms with Gasteiger partial charge in [0.05, 0.1) is 12.2 Å². The highest BCUT2D eigenvalue weighted by atomic mass is 16.5. The maximum absolute atomic E-state index is 13.1. The highest BCUT2D eigenvalue weighted by molar-refractivity contribution is 6.36. The molecular weight excluding hydrogens is 352 g/mol. The van der Waals surface area contributed by atoms with Crippen molar-refractivity contribution in [3.05, 3.63) is 64.9 Å². The van der Waals surface area contributed by atoms with E-state index in [-0.39, 0.29) is 11.8 Å². The van der Waals surface area contributed by atoms with Crippen LogP contribution in [-0.4, -0.2) is 29.9 Å². The SMILES string of the molecule is CCCN1C(=O)C(Nc2cccc(OCC)c2)=C(c2ccc(C)cc2C)C1=O. The number of anilines is 1. The maximum Gasteiger partial charge on any atom is 0.278 e. The van der Waals surface area contributed by atoms with Gasteiger partial charge in [-0.2, -0.15) is 0 Å². The Morgan fingerprint density at radius 3 is 2.46 bits per heavy atom. The standard InChI is InChI=1S/C23H26N2O3/c1-5-12-25-22(26)20(19-11-10-15(3)13-16(19)4)21(23(25)27)24-17-8-7-9-18(14-17)28-6-2/h7-11,13-14,24H,5-6,12H2,1-4H3. The zero-order valence-corrected chi connectivity index (χ0v) is 16.8. The summed E-state index contributed by atoms with van der Waals surface area (Å²) in [6.45, 7) is 8.80. The van der Waals surface area contributed by atoms with Crippen molar-refractivity contribution >= 4 is 23.1 Å². The Morgan fingerprint density at radius 1 is 1.00 bits per heavy atom. The van der Waals surface area contributed by atoms with Gasteiger partial charge in [0.15, 0.2) is 0 Å². The number of ether oxygens (including phenoxy) is 1. The van der Waals surface area contributed by atoms with Gasteiger partial charge in [-0.05, 0) is 50.5 Å². The van der Waals surface area contributed by atoms with Gasteiger partial charge < -0.3 is 10.1 Å². The predicted molar refractivity (Wildman–Crippen MR) is 111 cm³/mol. The van der Waals surface area contributed by atoms with Gasteiger partial charge in [0, 0.05) is 18.3 Å². The number of aryl methyl sites for hydroxylation is 2. The second-order valence-corrected chi connectivity index (χ2v) is 6.92. The molecule has 0 aromatic heterocycles. The number of hydrogen-bond donors (Lipinski definition) is 1. The van der Waals surface area contributed by atoms with E-state index in [2.05, 4.69) is 5.32 Å². The topological polar surface area (TPSA) is 58.6 Å². The molecule has 1 aliphatic rings. The van der Waals surface area contributed by atoms with Crippen LogP contribution < -0.4 is 10.1 Å². The van der Waals surface area contributed by atoms with Crippen LogP contribution >= 0.6 is 0 Å². The van der Waals surface area contributed by atoms with Crippen molar-refractivity contribution in [2.24, 2.45) is 0 Å². The second-order valence-electron chi connectivity index (χ2n) is 6.92. The van der Waals surface area contributed by atoms with Crippen molar-refractivity contribution in [3.63, 3.8) is 0 Å². The first kappa shape index (κ1) is 19.7. The molecule has 0 atom stereocenters. The molecule has 146 valence electrons. The molecule has 0 saturated carbocycles. The van der Waals surface area contributed by atoms with E-state index in [1.165, 1.54) is 4.90 Å². The third-order valence-electron chi connectivity index (χ3n) is 4.68. The van der Waals surface area contributed by atoms with E-state index >= 15 is 0 Å². The summed E-state index contributed by atoms with van der Waals surface area (Å²) < 4.78 is 5.54. The molecule has 0 saturated heterocycles. The number of benzene rings is 2. The Morgan fingerprint density at radius 2 is 1.79 bits per heavy atom. The number of nitrogens with one attached hydrogen (secondary N) is 1. The molecule has 2 aromatic rings. The summed E-state index contributed by atoms with van der Waals surface area (Å²) in [5.74, 6) is 0.175. The molecule has 1 aliphatic heterocycles. The van der Waals surface area contributed by atoms with E-state index in [4.69, 9.17) is 4.74 Å². The summed E-state index contributed by atoms with van der Waals surface area (Å²) in [6.07, 6.45) is 0.713. The third kappa shape index (κ3) is 3.79. The Labute approximate surface area is 166 Å². The van der Waals surface area contributed by atoms with Gasteiger partial charge >= 0.3 is 0 Å². The van der Waals surface area contributed by atoms with Crippen LogP contribution in [0.15, 0.2) is 48.2 Å². The molecule has 0 fully saturated rings. The van der Waals surface area contributed by atoms with Crippen LogP contribution in [0.2, 0.25) is 0 Å². The number of amides is 2. The largest absolute Gasteiger partial charge is 0.494 e. The lowest BCUT2D eigenvalue weighted by Crippen LogP contribution is -2.33. The lowest BCUT2D eigenvalue weighted by atomic mass is 9.97. The zero-order chi connectivity index (χ0) is 20.3. The lowest BCUT2D eigenvalue weighted by Gasteiger charge is -2.14. The van der Waals surface area contributed by atoms with E-state index in [1.54, 1.807) is 0 Å². The van der Waals surface area contributed by atoms with Gasteiger partial charge in [-0.3, -0.25) is 14.5 Å². The molecule has 5 heteroatoms. The summed E-state index contributed by atoms with van der Waals surface area (Å²) in [5, 5.41) is 3.19. The molecule has 5 nitrogen and oxygen atoms in total. The van der Waals surface area contributed by atoms with Gasteiger partial charge in [-0.25, -0.2) is 0 Å². The number of nitrogens with zero attached hydrogens (tertiary/aromatic N) is 1. The van der Waals surface area contributed by atoms with Crippen LogP contribution in [0.5, 0.6) is 5.75 Å². The van der Waals surface area contributed by atoms with Gasteiger partial charge in [0.1, 0.15) is 11.4 Å². The third-order valence-corrected chi connectivity index (χ3v) is 4.68. The summed E-state index contributed by atoms with van der Waals surface area (Å²) >= 11 is 0. The molecular formula is C23H26N2O3. The van der Waals surface area contributed by atoms with E-state index in [0.29, 0.717) is 42.3 Å². The van der Waals surface area contributed by atoms with E-state index in [0.717, 1.165) is 16.7 Å². The highest BCUT2D eigenvalue weighted by Gasteiger charge is 2.39. The molecule has 28 heavy (non-hydrogen) atoms. The Kier molecular flexibility index (Phi) is 5.83. The Bertz CT molecular complexity index is 947. The molecule has 0 unspecified atom stereocenters. The summed E-state index contributed by atoms with van der Waals surface area (Å²) in [5.41, 5.74) is 4.32. The minimum absolute atomic E-state index is 0.248. The first-order valence-electron chi connectivity index (χ1n) is 9.64. The Balaban J connectivity index is 2.08. The van der Waals surface area contributed by atoms with Crippen LogP contribution in [0.3, 0.4) is 0 Å². The molecule has 2 aromatic carbocycles. The van der Waals surface area contributed by atoms with Crippen LogP contribution in [0, 0.1) is 13.8 Å². The van der Waals surface area contributed by atoms with Gasteiger partial charge in [-0.1, -0.05) is 36.8 Å². The quantitative estimate of drug-likeness (QED) is 0.730. The van der Waals surface area contributed by atoms with Crippen LogP contribution in [0.1, 0.15) is 37.0 Å². The average molecular weight is 378 g/mol. The molecule has 0 aliphatic carbocycles. The zero-order valence-electron chi connectivity index (χ0n) is 16.8. The van der Waals surface area contributed by atoms with E-state index < -0.39 is 0 Å². The normalized spacial score (nSPS) is 14.1. The summed E-state index contributed by atoms with van der Waals surface area (Å²) in [7, 11) is 0. The molecule has 0 bridgehead atoms. The fourth-order valence-corrected chi connectivity index (χ4v) is 3.44. The number of carbonyl (C=O) groups excluding carboxylic acids is 2. The van der Waals surface area contributed by atoms with Crippen LogP contribution in [0.25, 0.3) is 5.57 Å². The summed E-state index contributed by atoms with van der Waals surface area (Å²) in [4.78, 5) is 27.5. The van der Waals surface area contributed by atoms with E-state index in [1.807, 2.05) is 70.2 Å². The predicted octanol–water partition coefficient (Wildman–Crippen LogP) is 4.30. The molecule has 1 heterocycles. The van der Waals surface area contributed by atoms with E-state index in [9.17, 15) is 9.59 Å². The lowest BCUT2D eigenvalue weighted by molar-refractivity contribution is -0.136. The summed E-state index contributed by atoms with van der Waals surface area (Å²) in [6, 6.07) is 13.3. The van der Waals surface area contributed by atoms with Crippen LogP contribution in [-0.2, 0) is 9.59 Å². The fourth-order valence-electron chi connectivity index (χ4n) is 3.44. The number of hydrogen-bond acceptors (Lipinski definition) is 4. The fraction of sp³-hybridized carbons (Fsp3) is 0.304. The first-order chi connectivity index (χ1) is 13.5. The van der Waals surface area contributed by atoms with Crippen molar-refractivity contribution in [2.75, 3.05) is 18.5 Å². The van der Waals surface area contributed by atoms with Crippen molar-refractivity contribution in [1.29, 1.82) is 0 Å². The van der Waals surface area contributed by atoms with Crippen LogP contribution in [0.4, 0.5) is 5.69 Å². The van der Waals surface area contributed by atoms with Crippen molar-refractivity contribution < 1.29 is 14.3 Å². The average Bonchev–Trinajstić information content (AvgIpc) is 2.88. The molecule has 0 spiro atoms. The minimum atomic E-state index is -0.288. The Hall–Kier alpha value is -3.08. The maximum atomic E-state index is 13.1. The van der Waals surface area contributed by atoms with Gasteiger partial charge in [0.25, 0.3) is 11.8 Å². The molecule has 0 radical (unpaired) electrons. The number of rotatable bonds is 7. The van der Waals surface area contributed by atoms with Crippen molar-refractivity contribution in [3.8, 4) is 5.75 Å². The monoisotopic (exact) mass is 378 g/mol. The molecule has 2 amide bonds. The number of imide groups is 1. The minimum Gasteiger partial charge on any atom is -0.494 e. The first-order valence-corrected chi connectivity index (χ1v) is 9.64. The second kappa shape index (κ2) is 8.30. The molecule has 1 N–H and O–H groups in total. The van der Waals surface area contributed by atoms with Gasteiger partial charge in [-0.15, -0.1) is 0 Å². The van der Waals surface area contributed by atoms with Crippen molar-refractivity contribution in [2.45, 2.75) is 34.1 Å². The molecule has 3 rings (SSSR count). The van der Waals surface area contributed by atoms with Crippen molar-refractivity contribution in [1.82, 2.24) is 4.90 Å². The van der Waals surface area contributed by atoms with Gasteiger partial charge in [0.2, 0.25) is 0 Å².